The van der Waals surface area contributed by atoms with Crippen LogP contribution in [-0.2, 0) is 11.3 Å². The number of ether oxygens (including phenoxy) is 1. The fraction of sp³-hybridized carbons (Fsp3) is 0.0625. The number of carbonyl (C=O) groups excluding carboxylic acids is 1. The van der Waals surface area contributed by atoms with E-state index in [0.29, 0.717) is 26.2 Å². The second-order valence-corrected chi connectivity index (χ2v) is 6.16. The van der Waals surface area contributed by atoms with Crippen LogP contribution in [0.4, 0.5) is 0 Å². The summed E-state index contributed by atoms with van der Waals surface area (Å²) in [5, 5.41) is 4.92. The van der Waals surface area contributed by atoms with Crippen LogP contribution in [-0.4, -0.2) is 15.6 Å². The second kappa shape index (κ2) is 7.08. The normalized spacial score (nSPS) is 10.5. The van der Waals surface area contributed by atoms with Crippen molar-refractivity contribution in [3.8, 4) is 11.3 Å². The molecule has 2 aromatic carbocycles. The van der Waals surface area contributed by atoms with E-state index < -0.39 is 5.97 Å². The molecule has 0 aliphatic heterocycles. The van der Waals surface area contributed by atoms with Gasteiger partial charge in [-0.1, -0.05) is 64.1 Å². The van der Waals surface area contributed by atoms with Crippen molar-refractivity contribution in [2.24, 2.45) is 0 Å². The molecule has 0 radical (unpaired) electrons. The maximum Gasteiger partial charge on any atom is 0.352 e. The molecule has 0 spiro atoms. The van der Waals surface area contributed by atoms with Crippen molar-refractivity contribution in [3.63, 3.8) is 0 Å². The molecule has 7 heteroatoms. The van der Waals surface area contributed by atoms with Gasteiger partial charge in [-0.15, -0.1) is 5.10 Å². The third-order valence-corrected chi connectivity index (χ3v) is 4.54. The number of carbonyl (C=O) groups is 1. The zero-order valence-corrected chi connectivity index (χ0v) is 14.0. The summed E-state index contributed by atoms with van der Waals surface area (Å²) in [5.74, 6) is -0.505. The lowest BCUT2D eigenvalue weighted by Crippen LogP contribution is -2.05. The molecule has 0 saturated carbocycles. The van der Waals surface area contributed by atoms with Crippen molar-refractivity contribution in [2.45, 2.75) is 6.61 Å². The van der Waals surface area contributed by atoms with Crippen LogP contribution >= 0.6 is 34.7 Å². The number of hydrogen-bond donors (Lipinski definition) is 0. The number of hydrogen-bond acceptors (Lipinski definition) is 5. The molecule has 4 nitrogen and oxygen atoms in total. The van der Waals surface area contributed by atoms with Crippen molar-refractivity contribution in [1.29, 1.82) is 0 Å². The van der Waals surface area contributed by atoms with Crippen molar-refractivity contribution in [2.75, 3.05) is 0 Å². The number of aromatic nitrogens is 2. The van der Waals surface area contributed by atoms with Gasteiger partial charge in [-0.3, -0.25) is 0 Å². The minimum atomic E-state index is -0.505. The van der Waals surface area contributed by atoms with E-state index in [-0.39, 0.29) is 6.61 Å². The lowest BCUT2D eigenvalue weighted by atomic mass is 10.1. The topological polar surface area (TPSA) is 52.1 Å². The standard InChI is InChI=1S/C16H10Cl2N2O2S/c17-12-7-4-8-13(18)11(12)9-22-16(21)15-14(19-20-23-15)10-5-2-1-3-6-10/h1-8H,9H2. The highest BCUT2D eigenvalue weighted by Crippen LogP contribution is 2.27. The van der Waals surface area contributed by atoms with E-state index in [4.69, 9.17) is 27.9 Å². The molecule has 1 aromatic heterocycles. The van der Waals surface area contributed by atoms with Crippen molar-refractivity contribution in [1.82, 2.24) is 9.59 Å². The molecular formula is C16H10Cl2N2O2S. The Labute approximate surface area is 146 Å². The second-order valence-electron chi connectivity index (χ2n) is 4.59. The van der Waals surface area contributed by atoms with Crippen molar-refractivity contribution in [3.05, 3.63) is 69.0 Å². The molecule has 0 saturated heterocycles. The van der Waals surface area contributed by atoms with Crippen LogP contribution in [0.25, 0.3) is 11.3 Å². The van der Waals surface area contributed by atoms with Gasteiger partial charge in [0.25, 0.3) is 0 Å². The summed E-state index contributed by atoms with van der Waals surface area (Å²) in [6.07, 6.45) is 0. The van der Waals surface area contributed by atoms with E-state index in [0.717, 1.165) is 17.1 Å². The minimum absolute atomic E-state index is 0.0104. The molecule has 3 aromatic rings. The van der Waals surface area contributed by atoms with Crippen LogP contribution in [0.15, 0.2) is 48.5 Å². The Morgan fingerprint density at radius 2 is 1.74 bits per heavy atom. The van der Waals surface area contributed by atoms with Crippen LogP contribution in [0, 0.1) is 0 Å². The molecule has 1 heterocycles. The Kier molecular flexibility index (Phi) is 4.91. The largest absolute Gasteiger partial charge is 0.456 e. The molecule has 116 valence electrons. The first-order chi connectivity index (χ1) is 11.2. The highest BCUT2D eigenvalue weighted by molar-refractivity contribution is 7.08. The lowest BCUT2D eigenvalue weighted by Gasteiger charge is -2.08. The average molecular weight is 365 g/mol. The Bertz CT molecular complexity index is 817. The van der Waals surface area contributed by atoms with E-state index >= 15 is 0 Å². The zero-order valence-electron chi connectivity index (χ0n) is 11.7. The number of halogens is 2. The third-order valence-electron chi connectivity index (χ3n) is 3.13. The van der Waals surface area contributed by atoms with E-state index in [2.05, 4.69) is 9.59 Å². The zero-order chi connectivity index (χ0) is 16.2. The summed E-state index contributed by atoms with van der Waals surface area (Å²) >= 11 is 13.1. The molecule has 23 heavy (non-hydrogen) atoms. The summed E-state index contributed by atoms with van der Waals surface area (Å²) in [6, 6.07) is 14.5. The highest BCUT2D eigenvalue weighted by Gasteiger charge is 2.20. The summed E-state index contributed by atoms with van der Waals surface area (Å²) in [6.45, 7) is -0.0104. The first kappa shape index (κ1) is 15.9. The van der Waals surface area contributed by atoms with Gasteiger partial charge in [0, 0.05) is 21.2 Å². The molecule has 3 rings (SSSR count). The Hall–Kier alpha value is -1.95. The Morgan fingerprint density at radius 3 is 2.43 bits per heavy atom. The predicted molar refractivity (Wildman–Crippen MR) is 90.9 cm³/mol. The summed E-state index contributed by atoms with van der Waals surface area (Å²) < 4.78 is 9.17. The number of esters is 1. The van der Waals surface area contributed by atoms with Crippen LogP contribution in [0.5, 0.6) is 0 Å². The van der Waals surface area contributed by atoms with E-state index in [1.807, 2.05) is 30.3 Å². The highest BCUT2D eigenvalue weighted by atomic mass is 35.5. The summed E-state index contributed by atoms with van der Waals surface area (Å²) in [5.41, 5.74) is 1.89. The van der Waals surface area contributed by atoms with Crippen molar-refractivity contribution < 1.29 is 9.53 Å². The first-order valence-corrected chi connectivity index (χ1v) is 8.17. The minimum Gasteiger partial charge on any atom is -0.456 e. The van der Waals surface area contributed by atoms with Gasteiger partial charge in [0.15, 0.2) is 4.88 Å². The maximum atomic E-state index is 12.3. The fourth-order valence-corrected chi connectivity index (χ4v) is 3.07. The molecule has 0 aliphatic carbocycles. The van der Waals surface area contributed by atoms with Gasteiger partial charge in [-0.25, -0.2) is 4.79 Å². The predicted octanol–water partition coefficient (Wildman–Crippen LogP) is 4.87. The van der Waals surface area contributed by atoms with Gasteiger partial charge in [-0.2, -0.15) is 0 Å². The van der Waals surface area contributed by atoms with Crippen molar-refractivity contribution >= 4 is 40.7 Å². The Balaban J connectivity index is 1.79. The van der Waals surface area contributed by atoms with Gasteiger partial charge in [-0.05, 0) is 23.7 Å². The lowest BCUT2D eigenvalue weighted by molar-refractivity contribution is 0.0479. The van der Waals surface area contributed by atoms with Gasteiger partial charge in [0.05, 0.1) is 0 Å². The van der Waals surface area contributed by atoms with Gasteiger partial charge in [0.2, 0.25) is 0 Å². The first-order valence-electron chi connectivity index (χ1n) is 6.64. The monoisotopic (exact) mass is 364 g/mol. The fourth-order valence-electron chi connectivity index (χ4n) is 1.98. The third kappa shape index (κ3) is 3.52. The quantitative estimate of drug-likeness (QED) is 0.619. The number of benzene rings is 2. The van der Waals surface area contributed by atoms with Crippen LogP contribution < -0.4 is 0 Å². The van der Waals surface area contributed by atoms with E-state index in [1.165, 1.54) is 0 Å². The van der Waals surface area contributed by atoms with E-state index in [1.54, 1.807) is 18.2 Å². The number of nitrogens with zero attached hydrogens (tertiary/aromatic N) is 2. The molecular weight excluding hydrogens is 355 g/mol. The maximum absolute atomic E-state index is 12.3. The molecule has 0 unspecified atom stereocenters. The number of rotatable bonds is 4. The van der Waals surface area contributed by atoms with Gasteiger partial charge >= 0.3 is 5.97 Å². The van der Waals surface area contributed by atoms with Crippen LogP contribution in [0.3, 0.4) is 0 Å². The molecule has 0 amide bonds. The van der Waals surface area contributed by atoms with E-state index in [9.17, 15) is 4.79 Å². The van der Waals surface area contributed by atoms with Crippen LogP contribution in [0.1, 0.15) is 15.2 Å². The van der Waals surface area contributed by atoms with Crippen LogP contribution in [0.2, 0.25) is 10.0 Å². The Morgan fingerprint density at radius 1 is 1.04 bits per heavy atom. The van der Waals surface area contributed by atoms with Gasteiger partial charge < -0.3 is 4.74 Å². The molecule has 0 N–H and O–H groups in total. The summed E-state index contributed by atoms with van der Waals surface area (Å²) in [4.78, 5) is 12.7. The van der Waals surface area contributed by atoms with Gasteiger partial charge in [0.1, 0.15) is 12.3 Å². The molecule has 0 fully saturated rings. The molecule has 0 aliphatic rings. The average Bonchev–Trinajstić information content (AvgIpc) is 3.05. The summed E-state index contributed by atoms with van der Waals surface area (Å²) in [7, 11) is 0. The molecule has 0 atom stereocenters. The SMILES string of the molecule is O=C(OCc1c(Cl)cccc1Cl)c1snnc1-c1ccccc1. The smallest absolute Gasteiger partial charge is 0.352 e. The molecule has 0 bridgehead atoms.